The van der Waals surface area contributed by atoms with E-state index in [9.17, 15) is 9.50 Å². The van der Waals surface area contributed by atoms with Gasteiger partial charge in [-0.05, 0) is 29.8 Å². The van der Waals surface area contributed by atoms with Gasteiger partial charge in [-0.25, -0.2) is 4.39 Å². The number of hydrogen-bond donors (Lipinski definition) is 1. The Balaban J connectivity index is 2.23. The summed E-state index contributed by atoms with van der Waals surface area (Å²) in [4.78, 5) is 0. The molecular weight excluding hydrogens is 311 g/mol. The highest BCUT2D eigenvalue weighted by molar-refractivity contribution is 9.10. The van der Waals surface area contributed by atoms with Gasteiger partial charge in [0.15, 0.2) is 0 Å². The van der Waals surface area contributed by atoms with E-state index in [1.807, 2.05) is 24.3 Å². The van der Waals surface area contributed by atoms with Crippen molar-refractivity contribution in [1.82, 2.24) is 0 Å². The molecule has 0 amide bonds. The van der Waals surface area contributed by atoms with Crippen LogP contribution in [0.1, 0.15) is 17.2 Å². The first-order chi connectivity index (χ1) is 9.11. The largest absolute Gasteiger partial charge is 0.497 e. The predicted molar refractivity (Wildman–Crippen MR) is 75.8 cm³/mol. The van der Waals surface area contributed by atoms with Crippen LogP contribution in [0, 0.1) is 5.82 Å². The minimum Gasteiger partial charge on any atom is -0.497 e. The Morgan fingerprint density at radius 1 is 1.26 bits per heavy atom. The van der Waals surface area contributed by atoms with Crippen LogP contribution >= 0.6 is 15.9 Å². The summed E-state index contributed by atoms with van der Waals surface area (Å²) in [6.45, 7) is 0. The van der Waals surface area contributed by atoms with Crippen molar-refractivity contribution in [2.45, 2.75) is 12.5 Å². The number of methoxy groups -OCH3 is 1. The second-order valence-electron chi connectivity index (χ2n) is 4.21. The molecule has 0 aliphatic rings. The van der Waals surface area contributed by atoms with Crippen molar-refractivity contribution in [2.75, 3.05) is 7.11 Å². The predicted octanol–water partition coefficient (Wildman–Crippen LogP) is 3.87. The molecule has 1 N–H and O–H groups in total. The monoisotopic (exact) mass is 324 g/mol. The lowest BCUT2D eigenvalue weighted by molar-refractivity contribution is 0.172. The van der Waals surface area contributed by atoms with E-state index in [1.165, 1.54) is 6.07 Å². The molecule has 100 valence electrons. The number of benzene rings is 2. The third-order valence-corrected chi connectivity index (χ3v) is 3.59. The Hall–Kier alpha value is -1.39. The number of ether oxygens (including phenoxy) is 1. The standard InChI is InChI=1S/C15H14BrFO2/c1-19-11-5-2-4-10(8-11)9-14(18)15-12(16)6-3-7-13(15)17/h2-8,14,18H,9H2,1H3. The van der Waals surface area contributed by atoms with Gasteiger partial charge in [0.1, 0.15) is 11.6 Å². The van der Waals surface area contributed by atoms with Crippen molar-refractivity contribution in [3.8, 4) is 5.75 Å². The second kappa shape index (κ2) is 6.17. The molecule has 4 heteroatoms. The molecule has 0 radical (unpaired) electrons. The molecule has 0 aromatic heterocycles. The molecule has 2 aromatic rings. The van der Waals surface area contributed by atoms with E-state index in [0.717, 1.165) is 11.3 Å². The molecule has 0 fully saturated rings. The Morgan fingerprint density at radius 2 is 2.00 bits per heavy atom. The fourth-order valence-electron chi connectivity index (χ4n) is 1.95. The van der Waals surface area contributed by atoms with E-state index in [1.54, 1.807) is 19.2 Å². The van der Waals surface area contributed by atoms with Gasteiger partial charge in [-0.3, -0.25) is 0 Å². The van der Waals surface area contributed by atoms with Crippen molar-refractivity contribution in [1.29, 1.82) is 0 Å². The third-order valence-electron chi connectivity index (χ3n) is 2.90. The normalized spacial score (nSPS) is 12.2. The van der Waals surface area contributed by atoms with Crippen molar-refractivity contribution >= 4 is 15.9 Å². The lowest BCUT2D eigenvalue weighted by Gasteiger charge is -2.14. The van der Waals surface area contributed by atoms with Crippen LogP contribution in [0.3, 0.4) is 0 Å². The maximum Gasteiger partial charge on any atom is 0.130 e. The van der Waals surface area contributed by atoms with Crippen LogP contribution in [-0.2, 0) is 6.42 Å². The van der Waals surface area contributed by atoms with Crippen LogP contribution in [-0.4, -0.2) is 12.2 Å². The zero-order valence-electron chi connectivity index (χ0n) is 10.4. The van der Waals surface area contributed by atoms with Crippen molar-refractivity contribution in [2.24, 2.45) is 0 Å². The minimum absolute atomic E-state index is 0.283. The Labute approximate surface area is 120 Å². The van der Waals surface area contributed by atoms with Crippen LogP contribution in [0.4, 0.5) is 4.39 Å². The molecular formula is C15H14BrFO2. The van der Waals surface area contributed by atoms with E-state index in [2.05, 4.69) is 15.9 Å². The van der Waals surface area contributed by atoms with Crippen LogP contribution in [0.5, 0.6) is 5.75 Å². The van der Waals surface area contributed by atoms with E-state index >= 15 is 0 Å². The summed E-state index contributed by atoms with van der Waals surface area (Å²) in [7, 11) is 1.59. The average Bonchev–Trinajstić information content (AvgIpc) is 2.38. The molecule has 0 bridgehead atoms. The van der Waals surface area contributed by atoms with Crippen LogP contribution in [0.25, 0.3) is 0 Å². The second-order valence-corrected chi connectivity index (χ2v) is 5.06. The molecule has 0 saturated carbocycles. The van der Waals surface area contributed by atoms with E-state index in [4.69, 9.17) is 4.74 Å². The van der Waals surface area contributed by atoms with Gasteiger partial charge in [-0.2, -0.15) is 0 Å². The fraction of sp³-hybridized carbons (Fsp3) is 0.200. The lowest BCUT2D eigenvalue weighted by atomic mass is 10.0. The summed E-state index contributed by atoms with van der Waals surface area (Å²) in [6, 6.07) is 12.0. The van der Waals surface area contributed by atoms with Gasteiger partial charge in [0.25, 0.3) is 0 Å². The molecule has 2 rings (SSSR count). The molecule has 0 spiro atoms. The molecule has 0 heterocycles. The highest BCUT2D eigenvalue weighted by atomic mass is 79.9. The first-order valence-electron chi connectivity index (χ1n) is 5.86. The van der Waals surface area contributed by atoms with Crippen LogP contribution < -0.4 is 4.74 Å². The smallest absolute Gasteiger partial charge is 0.130 e. The lowest BCUT2D eigenvalue weighted by Crippen LogP contribution is -2.05. The van der Waals surface area contributed by atoms with Gasteiger partial charge in [0.05, 0.1) is 13.2 Å². The SMILES string of the molecule is COc1cccc(CC(O)c2c(F)cccc2Br)c1. The molecule has 1 atom stereocenters. The Kier molecular flexibility index (Phi) is 4.56. The molecule has 1 unspecified atom stereocenters. The zero-order chi connectivity index (χ0) is 13.8. The number of rotatable bonds is 4. The first-order valence-corrected chi connectivity index (χ1v) is 6.66. The summed E-state index contributed by atoms with van der Waals surface area (Å²) in [6.07, 6.45) is -0.570. The highest BCUT2D eigenvalue weighted by Gasteiger charge is 2.16. The van der Waals surface area contributed by atoms with E-state index < -0.39 is 11.9 Å². The molecule has 0 aliphatic heterocycles. The van der Waals surface area contributed by atoms with Crippen molar-refractivity contribution in [3.63, 3.8) is 0 Å². The molecule has 19 heavy (non-hydrogen) atoms. The molecule has 2 aromatic carbocycles. The third kappa shape index (κ3) is 3.33. The van der Waals surface area contributed by atoms with Crippen molar-refractivity contribution < 1.29 is 14.2 Å². The topological polar surface area (TPSA) is 29.5 Å². The quantitative estimate of drug-likeness (QED) is 0.925. The van der Waals surface area contributed by atoms with Crippen LogP contribution in [0.15, 0.2) is 46.9 Å². The van der Waals surface area contributed by atoms with Gasteiger partial charge in [0.2, 0.25) is 0 Å². The molecule has 0 saturated heterocycles. The number of halogens is 2. The first kappa shape index (κ1) is 14.0. The average molecular weight is 325 g/mol. The summed E-state index contributed by atoms with van der Waals surface area (Å²) >= 11 is 3.26. The summed E-state index contributed by atoms with van der Waals surface area (Å²) in [5, 5.41) is 10.2. The minimum atomic E-state index is -0.900. The Bertz CT molecular complexity index is 552. The van der Waals surface area contributed by atoms with Gasteiger partial charge < -0.3 is 9.84 Å². The zero-order valence-corrected chi connectivity index (χ0v) is 12.0. The van der Waals surface area contributed by atoms with Gasteiger partial charge in [-0.1, -0.05) is 34.1 Å². The molecule has 0 aliphatic carbocycles. The van der Waals surface area contributed by atoms with E-state index in [-0.39, 0.29) is 5.56 Å². The summed E-state index contributed by atoms with van der Waals surface area (Å²) in [5.74, 6) is 0.307. The highest BCUT2D eigenvalue weighted by Crippen LogP contribution is 2.29. The van der Waals surface area contributed by atoms with E-state index in [0.29, 0.717) is 10.9 Å². The van der Waals surface area contributed by atoms with Crippen LogP contribution in [0.2, 0.25) is 0 Å². The summed E-state index contributed by atoms with van der Waals surface area (Å²) < 4.78 is 19.4. The Morgan fingerprint density at radius 3 is 2.68 bits per heavy atom. The fourth-order valence-corrected chi connectivity index (χ4v) is 2.56. The van der Waals surface area contributed by atoms with Crippen molar-refractivity contribution in [3.05, 3.63) is 63.9 Å². The number of aliphatic hydroxyl groups excluding tert-OH is 1. The maximum absolute atomic E-state index is 13.7. The number of hydrogen-bond acceptors (Lipinski definition) is 2. The summed E-state index contributed by atoms with van der Waals surface area (Å²) in [5.41, 5.74) is 1.17. The van der Waals surface area contributed by atoms with Gasteiger partial charge in [0, 0.05) is 16.5 Å². The number of aliphatic hydroxyl groups is 1. The van der Waals surface area contributed by atoms with Gasteiger partial charge >= 0.3 is 0 Å². The van der Waals surface area contributed by atoms with Gasteiger partial charge in [-0.15, -0.1) is 0 Å². The molecule has 2 nitrogen and oxygen atoms in total. The maximum atomic E-state index is 13.7.